The largest absolute Gasteiger partial charge is 0.338 e. The third kappa shape index (κ3) is 2.93. The van der Waals surface area contributed by atoms with Gasteiger partial charge in [-0.15, -0.1) is 0 Å². The fourth-order valence-electron chi connectivity index (χ4n) is 3.99. The van der Waals surface area contributed by atoms with Crippen molar-refractivity contribution in [3.05, 3.63) is 50.8 Å². The second-order valence-electron chi connectivity index (χ2n) is 7.56. The van der Waals surface area contributed by atoms with Crippen molar-refractivity contribution in [3.8, 4) is 0 Å². The third-order valence-electron chi connectivity index (χ3n) is 5.96. The van der Waals surface area contributed by atoms with Crippen LogP contribution >= 0.6 is 0 Å². The van der Waals surface area contributed by atoms with Gasteiger partial charge >= 0.3 is 0 Å². The molecule has 0 aliphatic carbocycles. The first kappa shape index (κ1) is 18.5. The molecular weight excluding hydrogens is 356 g/mol. The maximum atomic E-state index is 12.9. The molecule has 1 aliphatic rings. The van der Waals surface area contributed by atoms with E-state index in [1.165, 1.54) is 4.52 Å². The van der Waals surface area contributed by atoms with Crippen molar-refractivity contribution >= 4 is 11.6 Å². The number of aryl methyl sites for hydroxylation is 2. The number of nitrogens with zero attached hydrogens (tertiary/aromatic N) is 5. The summed E-state index contributed by atoms with van der Waals surface area (Å²) in [5.74, 6) is 0.335. The summed E-state index contributed by atoms with van der Waals surface area (Å²) >= 11 is 0. The van der Waals surface area contributed by atoms with Gasteiger partial charge in [-0.05, 0) is 40.5 Å². The smallest absolute Gasteiger partial charge is 0.275 e. The van der Waals surface area contributed by atoms with Crippen LogP contribution in [0.3, 0.4) is 0 Å². The van der Waals surface area contributed by atoms with Gasteiger partial charge in [-0.2, -0.15) is 5.10 Å². The molecule has 1 saturated heterocycles. The number of H-pyrrole nitrogens is 1. The van der Waals surface area contributed by atoms with Crippen molar-refractivity contribution < 1.29 is 4.79 Å². The number of carbonyl (C=O) groups is 1. The van der Waals surface area contributed by atoms with Gasteiger partial charge in [0, 0.05) is 54.3 Å². The Labute approximate surface area is 163 Å². The molecule has 28 heavy (non-hydrogen) atoms. The highest BCUT2D eigenvalue weighted by atomic mass is 16.2. The molecular formula is C20H26N6O2. The molecule has 0 spiro atoms. The van der Waals surface area contributed by atoms with Gasteiger partial charge in [0.1, 0.15) is 0 Å². The van der Waals surface area contributed by atoms with E-state index in [2.05, 4.69) is 15.2 Å². The van der Waals surface area contributed by atoms with E-state index in [4.69, 9.17) is 0 Å². The van der Waals surface area contributed by atoms with E-state index in [1.807, 2.05) is 36.4 Å². The molecule has 1 N–H and O–H groups in total. The lowest BCUT2D eigenvalue weighted by Crippen LogP contribution is -2.38. The van der Waals surface area contributed by atoms with Gasteiger partial charge in [-0.3, -0.25) is 19.4 Å². The molecule has 4 heterocycles. The van der Waals surface area contributed by atoms with Gasteiger partial charge in [0.05, 0.1) is 11.8 Å². The summed E-state index contributed by atoms with van der Waals surface area (Å²) < 4.78 is 3.37. The minimum Gasteiger partial charge on any atom is -0.338 e. The molecule has 148 valence electrons. The molecule has 3 aromatic heterocycles. The Morgan fingerprint density at radius 3 is 2.61 bits per heavy atom. The van der Waals surface area contributed by atoms with Crippen LogP contribution in [0.2, 0.25) is 0 Å². The number of likely N-dealkylation sites (tertiary alicyclic amines) is 1. The molecule has 8 nitrogen and oxygen atoms in total. The number of amides is 1. The maximum Gasteiger partial charge on any atom is 0.275 e. The monoisotopic (exact) mass is 382 g/mol. The van der Waals surface area contributed by atoms with Gasteiger partial charge in [0.2, 0.25) is 0 Å². The number of fused-ring (bicyclic) bond motifs is 1. The molecule has 0 atom stereocenters. The Hall–Kier alpha value is -2.90. The summed E-state index contributed by atoms with van der Waals surface area (Å²) in [6.07, 6.45) is 3.38. The molecule has 8 heteroatoms. The first-order valence-corrected chi connectivity index (χ1v) is 9.81. The van der Waals surface area contributed by atoms with Crippen molar-refractivity contribution in [2.45, 2.75) is 53.0 Å². The van der Waals surface area contributed by atoms with E-state index in [1.54, 1.807) is 13.1 Å². The fourth-order valence-corrected chi connectivity index (χ4v) is 3.99. The lowest BCUT2D eigenvalue weighted by Gasteiger charge is -2.31. The van der Waals surface area contributed by atoms with Crippen LogP contribution < -0.4 is 5.56 Å². The van der Waals surface area contributed by atoms with Crippen LogP contribution in [-0.4, -0.2) is 48.3 Å². The summed E-state index contributed by atoms with van der Waals surface area (Å²) in [4.78, 5) is 31.7. The molecule has 0 bridgehead atoms. The molecule has 0 radical (unpaired) electrons. The molecule has 0 saturated carbocycles. The Bertz CT molecular complexity index is 1100. The van der Waals surface area contributed by atoms with Gasteiger partial charge in [0.25, 0.3) is 11.5 Å². The highest BCUT2D eigenvalue weighted by Crippen LogP contribution is 2.28. The topological polar surface area (TPSA) is 88.3 Å². The van der Waals surface area contributed by atoms with Crippen LogP contribution in [0.15, 0.2) is 17.1 Å². The lowest BCUT2D eigenvalue weighted by molar-refractivity contribution is 0.0711. The minimum atomic E-state index is -0.0511. The van der Waals surface area contributed by atoms with Gasteiger partial charge in [-0.25, -0.2) is 9.50 Å². The van der Waals surface area contributed by atoms with Crippen LogP contribution in [0.1, 0.15) is 58.7 Å². The zero-order chi connectivity index (χ0) is 20.0. The zero-order valence-corrected chi connectivity index (χ0v) is 16.8. The van der Waals surface area contributed by atoms with Crippen molar-refractivity contribution in [1.29, 1.82) is 0 Å². The standard InChI is InChI=1S/C20H26N6O2/c1-5-25-14(4)16(11-21-25)20(28)24-8-6-15(7-9-24)17-10-18-22-13(3)12(2)19(27)26(18)23-17/h10-11,15,23H,5-9H2,1-4H3. The molecule has 1 aliphatic heterocycles. The van der Waals surface area contributed by atoms with E-state index in [9.17, 15) is 9.59 Å². The number of piperidine rings is 1. The highest BCUT2D eigenvalue weighted by molar-refractivity contribution is 5.95. The van der Waals surface area contributed by atoms with Crippen molar-refractivity contribution in [2.24, 2.45) is 0 Å². The van der Waals surface area contributed by atoms with E-state index >= 15 is 0 Å². The first-order chi connectivity index (χ1) is 13.4. The van der Waals surface area contributed by atoms with Crippen molar-refractivity contribution in [1.82, 2.24) is 29.3 Å². The number of hydrogen-bond donors (Lipinski definition) is 1. The van der Waals surface area contributed by atoms with Gasteiger partial charge in [0.15, 0.2) is 5.65 Å². The van der Waals surface area contributed by atoms with Gasteiger partial charge in [-0.1, -0.05) is 0 Å². The Morgan fingerprint density at radius 2 is 1.96 bits per heavy atom. The third-order valence-corrected chi connectivity index (χ3v) is 5.96. The summed E-state index contributed by atoms with van der Waals surface area (Å²) in [5, 5.41) is 7.51. The molecule has 1 amide bonds. The number of aromatic nitrogens is 5. The van der Waals surface area contributed by atoms with E-state index in [0.717, 1.165) is 36.5 Å². The Kier molecular flexibility index (Phi) is 4.56. The van der Waals surface area contributed by atoms with Crippen LogP contribution in [0.4, 0.5) is 0 Å². The normalized spacial score (nSPS) is 15.5. The number of hydrogen-bond acceptors (Lipinski definition) is 4. The summed E-state index contributed by atoms with van der Waals surface area (Å²) in [6.45, 7) is 9.75. The summed E-state index contributed by atoms with van der Waals surface area (Å²) in [7, 11) is 0. The van der Waals surface area contributed by atoms with Crippen molar-refractivity contribution in [2.75, 3.05) is 13.1 Å². The second-order valence-corrected chi connectivity index (χ2v) is 7.56. The quantitative estimate of drug-likeness (QED) is 0.752. The van der Waals surface area contributed by atoms with Crippen LogP contribution in [0.5, 0.6) is 0 Å². The summed E-state index contributed by atoms with van der Waals surface area (Å²) in [6, 6.07) is 1.96. The summed E-state index contributed by atoms with van der Waals surface area (Å²) in [5.41, 5.74) is 4.65. The fraction of sp³-hybridized carbons (Fsp3) is 0.500. The predicted octanol–water partition coefficient (Wildman–Crippen LogP) is 2.18. The van der Waals surface area contributed by atoms with Gasteiger partial charge < -0.3 is 4.90 Å². The van der Waals surface area contributed by atoms with Crippen LogP contribution in [0.25, 0.3) is 5.65 Å². The predicted molar refractivity (Wildman–Crippen MR) is 106 cm³/mol. The molecule has 0 unspecified atom stereocenters. The SMILES string of the molecule is CCn1ncc(C(=O)N2CCC(c3cc4nc(C)c(C)c(=O)n4[nH]3)CC2)c1C. The van der Waals surface area contributed by atoms with E-state index in [0.29, 0.717) is 29.9 Å². The molecule has 3 aromatic rings. The molecule has 4 rings (SSSR count). The van der Waals surface area contributed by atoms with E-state index in [-0.39, 0.29) is 17.4 Å². The number of aromatic amines is 1. The molecule has 0 aromatic carbocycles. The number of rotatable bonds is 3. The second kappa shape index (κ2) is 6.92. The Balaban J connectivity index is 1.50. The molecule has 1 fully saturated rings. The first-order valence-electron chi connectivity index (χ1n) is 9.81. The van der Waals surface area contributed by atoms with Crippen LogP contribution in [-0.2, 0) is 6.54 Å². The van der Waals surface area contributed by atoms with E-state index < -0.39 is 0 Å². The van der Waals surface area contributed by atoms with Crippen molar-refractivity contribution in [3.63, 3.8) is 0 Å². The average molecular weight is 382 g/mol. The highest BCUT2D eigenvalue weighted by Gasteiger charge is 2.27. The minimum absolute atomic E-state index is 0.0511. The lowest BCUT2D eigenvalue weighted by atomic mass is 9.93. The Morgan fingerprint density at radius 1 is 1.25 bits per heavy atom. The number of nitrogens with one attached hydrogen (secondary N) is 1. The van der Waals surface area contributed by atoms with Crippen LogP contribution in [0, 0.1) is 20.8 Å². The number of carbonyl (C=O) groups excluding carboxylic acids is 1. The average Bonchev–Trinajstić information content (AvgIpc) is 3.29. The maximum absolute atomic E-state index is 12.9. The zero-order valence-electron chi connectivity index (χ0n) is 16.8.